The second kappa shape index (κ2) is 4.94. The van der Waals surface area contributed by atoms with Crippen LogP contribution in [0.1, 0.15) is 39.0 Å². The van der Waals surface area contributed by atoms with Gasteiger partial charge < -0.3 is 4.74 Å². The maximum absolute atomic E-state index is 12.6. The first-order valence-electron chi connectivity index (χ1n) is 5.65. The standard InChI is InChI=1S/C11H14F2N4O2/c1-11(2,3)8-15-10(19-16-8)18-6-7-14-4-5-17(7)9(12)13/h4-5,9H,6H2,1-3H3. The van der Waals surface area contributed by atoms with E-state index in [0.29, 0.717) is 10.4 Å². The predicted octanol–water partition coefficient (Wildman–Crippen LogP) is 2.54. The Morgan fingerprint density at radius 2 is 2.16 bits per heavy atom. The Balaban J connectivity index is 2.03. The van der Waals surface area contributed by atoms with Crippen LogP contribution in [0.15, 0.2) is 16.9 Å². The number of aromatic nitrogens is 4. The molecule has 0 aliphatic rings. The van der Waals surface area contributed by atoms with Crippen molar-refractivity contribution in [2.24, 2.45) is 0 Å². The number of ether oxygens (including phenoxy) is 1. The third kappa shape index (κ3) is 3.07. The van der Waals surface area contributed by atoms with Crippen molar-refractivity contribution in [3.8, 4) is 6.08 Å². The van der Waals surface area contributed by atoms with Gasteiger partial charge in [-0.3, -0.25) is 9.09 Å². The first-order chi connectivity index (χ1) is 8.88. The second-order valence-electron chi connectivity index (χ2n) is 4.95. The van der Waals surface area contributed by atoms with Gasteiger partial charge in [-0.05, 0) is 0 Å². The molecule has 0 atom stereocenters. The molecule has 0 saturated carbocycles. The van der Waals surface area contributed by atoms with E-state index in [9.17, 15) is 8.78 Å². The Labute approximate surface area is 108 Å². The minimum absolute atomic E-state index is 0.0614. The number of rotatable bonds is 4. The summed E-state index contributed by atoms with van der Waals surface area (Å²) in [5.41, 5.74) is -0.271. The molecule has 0 fully saturated rings. The topological polar surface area (TPSA) is 66.0 Å². The highest BCUT2D eigenvalue weighted by atomic mass is 19.3. The van der Waals surface area contributed by atoms with E-state index in [0.717, 1.165) is 0 Å². The van der Waals surface area contributed by atoms with Gasteiger partial charge >= 0.3 is 12.6 Å². The minimum atomic E-state index is -2.66. The SMILES string of the molecule is CC(C)(C)c1noc(OCc2nccn2C(F)F)n1. The zero-order valence-electron chi connectivity index (χ0n) is 10.8. The van der Waals surface area contributed by atoms with E-state index in [2.05, 4.69) is 15.1 Å². The fourth-order valence-electron chi connectivity index (χ4n) is 1.33. The lowest BCUT2D eigenvalue weighted by Gasteiger charge is -2.10. The average molecular weight is 272 g/mol. The number of hydrogen-bond donors (Lipinski definition) is 0. The summed E-state index contributed by atoms with van der Waals surface area (Å²) in [4.78, 5) is 7.81. The van der Waals surface area contributed by atoms with Crippen LogP contribution >= 0.6 is 0 Å². The van der Waals surface area contributed by atoms with Gasteiger partial charge in [0.15, 0.2) is 18.3 Å². The van der Waals surface area contributed by atoms with E-state index in [1.165, 1.54) is 12.4 Å². The van der Waals surface area contributed by atoms with Crippen LogP contribution in [0.3, 0.4) is 0 Å². The number of hydrogen-bond acceptors (Lipinski definition) is 5. The zero-order valence-corrected chi connectivity index (χ0v) is 10.8. The molecule has 0 saturated heterocycles. The van der Waals surface area contributed by atoms with Gasteiger partial charge in [0.1, 0.15) is 0 Å². The van der Waals surface area contributed by atoms with Gasteiger partial charge in [-0.15, -0.1) is 0 Å². The van der Waals surface area contributed by atoms with Crippen LogP contribution in [0.25, 0.3) is 0 Å². The Morgan fingerprint density at radius 3 is 2.74 bits per heavy atom. The van der Waals surface area contributed by atoms with Crippen LogP contribution in [0.4, 0.5) is 8.78 Å². The summed E-state index contributed by atoms with van der Waals surface area (Å²) >= 11 is 0. The van der Waals surface area contributed by atoms with Crippen LogP contribution < -0.4 is 4.74 Å². The first kappa shape index (κ1) is 13.4. The molecular formula is C11H14F2N4O2. The van der Waals surface area contributed by atoms with Gasteiger partial charge in [-0.2, -0.15) is 13.8 Å². The molecule has 0 bridgehead atoms. The number of alkyl halides is 2. The number of nitrogens with zero attached hydrogens (tertiary/aromatic N) is 4. The summed E-state index contributed by atoms with van der Waals surface area (Å²) in [5.74, 6) is 0.574. The van der Waals surface area contributed by atoms with E-state index >= 15 is 0 Å². The molecule has 0 N–H and O–H groups in total. The Hall–Kier alpha value is -1.99. The number of halogens is 2. The fourth-order valence-corrected chi connectivity index (χ4v) is 1.33. The quantitative estimate of drug-likeness (QED) is 0.855. The summed E-state index contributed by atoms with van der Waals surface area (Å²) in [6.45, 7) is 2.94. The lowest BCUT2D eigenvalue weighted by Crippen LogP contribution is -2.13. The molecule has 2 aromatic heterocycles. The van der Waals surface area contributed by atoms with Gasteiger partial charge in [0, 0.05) is 17.8 Å². The van der Waals surface area contributed by atoms with Gasteiger partial charge in [0.25, 0.3) is 0 Å². The minimum Gasteiger partial charge on any atom is -0.441 e. The van der Waals surface area contributed by atoms with Gasteiger partial charge in [0.05, 0.1) is 0 Å². The molecular weight excluding hydrogens is 258 g/mol. The zero-order chi connectivity index (χ0) is 14.0. The molecule has 19 heavy (non-hydrogen) atoms. The summed E-state index contributed by atoms with van der Waals surface area (Å²) in [6, 6.07) is 0. The van der Waals surface area contributed by atoms with Crippen molar-refractivity contribution in [2.45, 2.75) is 39.3 Å². The predicted molar refractivity (Wildman–Crippen MR) is 60.8 cm³/mol. The lowest BCUT2D eigenvalue weighted by atomic mass is 9.96. The normalized spacial score (nSPS) is 12.1. The highest BCUT2D eigenvalue weighted by Gasteiger charge is 2.22. The van der Waals surface area contributed by atoms with Crippen LogP contribution in [-0.4, -0.2) is 19.7 Å². The van der Waals surface area contributed by atoms with Gasteiger partial charge in [-0.1, -0.05) is 25.9 Å². The van der Waals surface area contributed by atoms with Crippen molar-refractivity contribution in [3.63, 3.8) is 0 Å². The molecule has 2 rings (SSSR count). The van der Waals surface area contributed by atoms with Crippen LogP contribution in [0.2, 0.25) is 0 Å². The van der Waals surface area contributed by atoms with Gasteiger partial charge in [0.2, 0.25) is 0 Å². The molecule has 6 nitrogen and oxygen atoms in total. The van der Waals surface area contributed by atoms with E-state index in [1.807, 2.05) is 20.8 Å². The lowest BCUT2D eigenvalue weighted by molar-refractivity contribution is 0.0614. The first-order valence-corrected chi connectivity index (χ1v) is 5.65. The fraction of sp³-hybridized carbons (Fsp3) is 0.545. The molecule has 0 aliphatic heterocycles. The van der Waals surface area contributed by atoms with E-state index in [1.54, 1.807) is 0 Å². The Bertz CT molecular complexity index is 545. The molecule has 0 radical (unpaired) electrons. The van der Waals surface area contributed by atoms with Crippen molar-refractivity contribution < 1.29 is 18.0 Å². The van der Waals surface area contributed by atoms with E-state index in [-0.39, 0.29) is 23.9 Å². The smallest absolute Gasteiger partial charge is 0.417 e. The molecule has 8 heteroatoms. The summed E-state index contributed by atoms with van der Waals surface area (Å²) in [6.07, 6.45) is 2.39. The third-order valence-corrected chi connectivity index (χ3v) is 2.36. The van der Waals surface area contributed by atoms with Crippen molar-refractivity contribution >= 4 is 0 Å². The highest BCUT2D eigenvalue weighted by Crippen LogP contribution is 2.21. The van der Waals surface area contributed by atoms with Crippen molar-refractivity contribution in [1.82, 2.24) is 19.7 Å². The van der Waals surface area contributed by atoms with Crippen molar-refractivity contribution in [1.29, 1.82) is 0 Å². The average Bonchev–Trinajstić information content (AvgIpc) is 2.94. The van der Waals surface area contributed by atoms with Crippen LogP contribution in [0, 0.1) is 0 Å². The molecule has 0 aromatic carbocycles. The Kier molecular flexibility index (Phi) is 3.50. The Morgan fingerprint density at radius 1 is 1.42 bits per heavy atom. The molecule has 2 aromatic rings. The van der Waals surface area contributed by atoms with E-state index in [4.69, 9.17) is 9.26 Å². The maximum atomic E-state index is 12.6. The largest absolute Gasteiger partial charge is 0.441 e. The summed E-state index contributed by atoms with van der Waals surface area (Å²) in [5, 5.41) is 3.76. The summed E-state index contributed by atoms with van der Waals surface area (Å²) < 4.78 is 35.9. The molecule has 0 aliphatic carbocycles. The second-order valence-corrected chi connectivity index (χ2v) is 4.95. The molecule has 2 heterocycles. The molecule has 104 valence electrons. The van der Waals surface area contributed by atoms with E-state index < -0.39 is 6.55 Å². The van der Waals surface area contributed by atoms with Crippen molar-refractivity contribution in [3.05, 3.63) is 24.0 Å². The van der Waals surface area contributed by atoms with Crippen LogP contribution in [-0.2, 0) is 12.0 Å². The third-order valence-electron chi connectivity index (χ3n) is 2.36. The highest BCUT2D eigenvalue weighted by molar-refractivity contribution is 5.02. The molecule has 0 unspecified atom stereocenters. The summed E-state index contributed by atoms with van der Waals surface area (Å²) in [7, 11) is 0. The molecule has 0 spiro atoms. The number of imidazole rings is 1. The molecule has 0 amide bonds. The maximum Gasteiger partial charge on any atom is 0.417 e. The van der Waals surface area contributed by atoms with Crippen LogP contribution in [0.5, 0.6) is 6.08 Å². The van der Waals surface area contributed by atoms with Crippen molar-refractivity contribution in [2.75, 3.05) is 0 Å². The monoisotopic (exact) mass is 272 g/mol. The van der Waals surface area contributed by atoms with Gasteiger partial charge in [-0.25, -0.2) is 4.98 Å².